The molecule has 19 heteroatoms. The first-order valence-electron chi connectivity index (χ1n) is 39.9. The summed E-state index contributed by atoms with van der Waals surface area (Å²) in [7, 11) is -9.92. The van der Waals surface area contributed by atoms with Crippen molar-refractivity contribution in [3.8, 4) is 0 Å². The van der Waals surface area contributed by atoms with E-state index in [9.17, 15) is 43.2 Å². The van der Waals surface area contributed by atoms with Crippen molar-refractivity contribution in [2.45, 2.75) is 414 Å². The van der Waals surface area contributed by atoms with Crippen LogP contribution >= 0.6 is 15.6 Å². The minimum Gasteiger partial charge on any atom is -0.462 e. The quantitative estimate of drug-likeness (QED) is 0.0222. The Bertz CT molecular complexity index is 1870. The molecule has 17 nitrogen and oxygen atoms in total. The molecule has 0 amide bonds. The minimum atomic E-state index is -4.96. The van der Waals surface area contributed by atoms with Gasteiger partial charge in [0.05, 0.1) is 26.4 Å². The number of esters is 4. The Hall–Kier alpha value is -1.94. The van der Waals surface area contributed by atoms with E-state index in [1.165, 1.54) is 205 Å². The molecule has 0 saturated carbocycles. The molecule has 0 saturated heterocycles. The van der Waals surface area contributed by atoms with E-state index in [2.05, 4.69) is 48.5 Å². The summed E-state index contributed by atoms with van der Waals surface area (Å²) in [6.45, 7) is 11.9. The standard InChI is InChI=1S/C77H150O17P2/c1-8-10-11-12-13-14-15-16-17-18-19-24-30-39-46-53-60-76(81)93-72(64-87-74(79)58-51-44-37-29-23-21-20-22-27-34-41-48-55-68(3)4)66-91-95(83,84)89-62-71(78)63-90-96(85,86)92-67-73(65-88-75(80)59-52-45-38-33-32-35-42-49-56-69(5)6)94-77(82)61-54-47-40-31-26-25-28-36-43-50-57-70(7)9-2/h68-73,78H,8-67H2,1-7H3,(H,83,84)(H,85,86)/t70?,71-,72-,73-/m1/s1. The smallest absolute Gasteiger partial charge is 0.462 e. The molecular weight excluding hydrogens is 1260 g/mol. The summed E-state index contributed by atoms with van der Waals surface area (Å²) in [4.78, 5) is 72.9. The highest BCUT2D eigenvalue weighted by atomic mass is 31.2. The van der Waals surface area contributed by atoms with Gasteiger partial charge in [0.25, 0.3) is 0 Å². The van der Waals surface area contributed by atoms with Crippen LogP contribution in [0.2, 0.25) is 0 Å². The first kappa shape index (κ1) is 94.1. The van der Waals surface area contributed by atoms with Crippen LogP contribution in [0.4, 0.5) is 0 Å². The van der Waals surface area contributed by atoms with Crippen molar-refractivity contribution in [1.82, 2.24) is 0 Å². The molecule has 0 aliphatic rings. The Balaban J connectivity index is 5.27. The number of phosphoric ester groups is 2. The van der Waals surface area contributed by atoms with Crippen LogP contribution < -0.4 is 0 Å². The normalized spacial score (nSPS) is 14.3. The monoisotopic (exact) mass is 1410 g/mol. The Kier molecular flexibility index (Phi) is 66.2. The van der Waals surface area contributed by atoms with Crippen LogP contribution in [0.3, 0.4) is 0 Å². The van der Waals surface area contributed by atoms with E-state index in [0.29, 0.717) is 25.7 Å². The number of aliphatic hydroxyl groups is 1. The average molecular weight is 1410 g/mol. The SMILES string of the molecule is CCCCCCCCCCCCCCCCCCC(=O)O[C@H](COC(=O)CCCCCCCCCCCCCCC(C)C)COP(=O)(O)OC[C@@H](O)COP(=O)(O)OC[C@@H](COC(=O)CCCCCCCCCCC(C)C)OC(=O)CCCCCCCCCCCCC(C)CC. The highest BCUT2D eigenvalue weighted by Gasteiger charge is 2.30. The second-order valence-electron chi connectivity index (χ2n) is 28.9. The van der Waals surface area contributed by atoms with E-state index in [-0.39, 0.29) is 25.7 Å². The van der Waals surface area contributed by atoms with Gasteiger partial charge in [-0.3, -0.25) is 37.3 Å². The van der Waals surface area contributed by atoms with Crippen LogP contribution in [0.25, 0.3) is 0 Å². The summed E-state index contributed by atoms with van der Waals surface area (Å²) in [6, 6.07) is 0. The summed E-state index contributed by atoms with van der Waals surface area (Å²) in [5, 5.41) is 10.6. The van der Waals surface area contributed by atoms with Crippen molar-refractivity contribution in [3.63, 3.8) is 0 Å². The predicted molar refractivity (Wildman–Crippen MR) is 391 cm³/mol. The minimum absolute atomic E-state index is 0.106. The number of ether oxygens (including phenoxy) is 4. The van der Waals surface area contributed by atoms with Crippen LogP contribution in [-0.4, -0.2) is 96.7 Å². The summed E-state index contributed by atoms with van der Waals surface area (Å²) >= 11 is 0. The van der Waals surface area contributed by atoms with Crippen LogP contribution in [0.5, 0.6) is 0 Å². The van der Waals surface area contributed by atoms with Gasteiger partial charge in [-0.15, -0.1) is 0 Å². The molecule has 0 aliphatic heterocycles. The molecule has 0 bridgehead atoms. The van der Waals surface area contributed by atoms with Crippen molar-refractivity contribution in [1.29, 1.82) is 0 Å². The van der Waals surface area contributed by atoms with Gasteiger partial charge in [-0.1, -0.05) is 344 Å². The zero-order valence-electron chi connectivity index (χ0n) is 62.8. The van der Waals surface area contributed by atoms with E-state index in [1.54, 1.807) is 0 Å². The zero-order valence-corrected chi connectivity index (χ0v) is 64.6. The van der Waals surface area contributed by atoms with Gasteiger partial charge in [0.2, 0.25) is 0 Å². The van der Waals surface area contributed by atoms with Gasteiger partial charge in [-0.25, -0.2) is 9.13 Å². The van der Waals surface area contributed by atoms with Crippen LogP contribution in [0.1, 0.15) is 395 Å². The highest BCUT2D eigenvalue weighted by Crippen LogP contribution is 2.45. The molecule has 0 heterocycles. The molecule has 96 heavy (non-hydrogen) atoms. The zero-order chi connectivity index (χ0) is 70.9. The van der Waals surface area contributed by atoms with Crippen LogP contribution in [-0.2, 0) is 65.4 Å². The molecule has 0 aliphatic carbocycles. The number of carbonyl (C=O) groups excluding carboxylic acids is 4. The Labute approximate surface area is 588 Å². The Morgan fingerprint density at radius 1 is 0.302 bits per heavy atom. The van der Waals surface area contributed by atoms with Crippen molar-refractivity contribution < 1.29 is 80.2 Å². The molecule has 0 aromatic rings. The maximum atomic E-state index is 13.1. The van der Waals surface area contributed by atoms with Gasteiger partial charge < -0.3 is 33.8 Å². The van der Waals surface area contributed by atoms with E-state index < -0.39 is 97.5 Å². The third kappa shape index (κ3) is 69.2. The molecular formula is C77H150O17P2. The molecule has 0 spiro atoms. The van der Waals surface area contributed by atoms with Crippen LogP contribution in [0.15, 0.2) is 0 Å². The summed E-state index contributed by atoms with van der Waals surface area (Å²) < 4.78 is 68.6. The lowest BCUT2D eigenvalue weighted by atomic mass is 9.99. The second kappa shape index (κ2) is 67.5. The molecule has 0 radical (unpaired) electrons. The van der Waals surface area contributed by atoms with Crippen molar-refractivity contribution in [2.75, 3.05) is 39.6 Å². The molecule has 3 unspecified atom stereocenters. The van der Waals surface area contributed by atoms with Gasteiger partial charge in [0.15, 0.2) is 12.2 Å². The lowest BCUT2D eigenvalue weighted by Crippen LogP contribution is -2.30. The molecule has 0 aromatic carbocycles. The third-order valence-corrected chi connectivity index (χ3v) is 20.1. The molecule has 0 aromatic heterocycles. The number of aliphatic hydroxyl groups excluding tert-OH is 1. The highest BCUT2D eigenvalue weighted by molar-refractivity contribution is 7.47. The van der Waals surface area contributed by atoms with Gasteiger partial charge in [-0.05, 0) is 43.4 Å². The number of unbranched alkanes of at least 4 members (excludes halogenated alkanes) is 42. The number of hydrogen-bond acceptors (Lipinski definition) is 15. The Morgan fingerprint density at radius 3 is 0.792 bits per heavy atom. The molecule has 570 valence electrons. The predicted octanol–water partition coefficient (Wildman–Crippen LogP) is 22.6. The number of rotatable bonds is 75. The van der Waals surface area contributed by atoms with E-state index in [1.807, 2.05) is 0 Å². The largest absolute Gasteiger partial charge is 0.472 e. The molecule has 0 rings (SSSR count). The summed E-state index contributed by atoms with van der Waals surface area (Å²) in [5.74, 6) is 0.196. The van der Waals surface area contributed by atoms with Crippen molar-refractivity contribution in [2.24, 2.45) is 17.8 Å². The number of carbonyl (C=O) groups is 4. The second-order valence-corrected chi connectivity index (χ2v) is 31.8. The van der Waals surface area contributed by atoms with Gasteiger partial charge >= 0.3 is 39.5 Å². The lowest BCUT2D eigenvalue weighted by molar-refractivity contribution is -0.161. The summed E-state index contributed by atoms with van der Waals surface area (Å²) in [6.07, 6.45) is 54.0. The van der Waals surface area contributed by atoms with Crippen LogP contribution in [0, 0.1) is 17.8 Å². The maximum absolute atomic E-state index is 13.1. The van der Waals surface area contributed by atoms with Gasteiger partial charge in [0.1, 0.15) is 19.3 Å². The van der Waals surface area contributed by atoms with E-state index in [4.69, 9.17) is 37.0 Å². The van der Waals surface area contributed by atoms with E-state index >= 15 is 0 Å². The first-order valence-corrected chi connectivity index (χ1v) is 42.9. The number of phosphoric acid groups is 2. The fraction of sp³-hybridized carbons (Fsp3) is 0.948. The van der Waals surface area contributed by atoms with Crippen molar-refractivity contribution >= 4 is 39.5 Å². The average Bonchev–Trinajstić information content (AvgIpc) is 2.16. The third-order valence-electron chi connectivity index (χ3n) is 18.2. The van der Waals surface area contributed by atoms with Gasteiger partial charge in [-0.2, -0.15) is 0 Å². The fourth-order valence-electron chi connectivity index (χ4n) is 11.7. The van der Waals surface area contributed by atoms with Gasteiger partial charge in [0, 0.05) is 25.7 Å². The van der Waals surface area contributed by atoms with Crippen molar-refractivity contribution in [3.05, 3.63) is 0 Å². The maximum Gasteiger partial charge on any atom is 0.472 e. The topological polar surface area (TPSA) is 237 Å². The first-order chi connectivity index (χ1) is 46.3. The molecule has 3 N–H and O–H groups in total. The molecule has 0 fully saturated rings. The lowest BCUT2D eigenvalue weighted by Gasteiger charge is -2.21. The Morgan fingerprint density at radius 2 is 0.531 bits per heavy atom. The fourth-order valence-corrected chi connectivity index (χ4v) is 13.3. The summed E-state index contributed by atoms with van der Waals surface area (Å²) in [5.41, 5.74) is 0. The molecule has 6 atom stereocenters. The van der Waals surface area contributed by atoms with E-state index in [0.717, 1.165) is 108 Å². The number of hydrogen-bond donors (Lipinski definition) is 3.